The zero-order chi connectivity index (χ0) is 16.3. The molecule has 0 bridgehead atoms. The number of sulfonamides is 1. The van der Waals surface area contributed by atoms with Crippen molar-refractivity contribution in [1.29, 1.82) is 0 Å². The number of H-pyrrole nitrogens is 1. The Hall–Kier alpha value is -2.15. The molecule has 0 radical (unpaired) electrons. The van der Waals surface area contributed by atoms with Gasteiger partial charge in [-0.15, -0.1) is 0 Å². The predicted octanol–water partition coefficient (Wildman–Crippen LogP) is 2.19. The van der Waals surface area contributed by atoms with Crippen molar-refractivity contribution in [3.8, 4) is 0 Å². The standard InChI is InChI=1S/C16H19N3O3S/c20-15(19-23(21,22)16-17-10-11-18-16)14-8-6-13(7-9-14)12-4-2-1-3-5-12/h1-5,10-11,13-14H,6-9H2,(H,17,18)(H,19,20). The van der Waals surface area contributed by atoms with Crippen LogP contribution >= 0.6 is 0 Å². The highest BCUT2D eigenvalue weighted by molar-refractivity contribution is 7.89. The van der Waals surface area contributed by atoms with E-state index in [1.165, 1.54) is 18.0 Å². The van der Waals surface area contributed by atoms with Gasteiger partial charge in [0.25, 0.3) is 10.0 Å². The van der Waals surface area contributed by atoms with Gasteiger partial charge in [-0.2, -0.15) is 8.42 Å². The molecule has 1 amide bonds. The molecule has 1 aromatic heterocycles. The van der Waals surface area contributed by atoms with E-state index >= 15 is 0 Å². The molecule has 0 spiro atoms. The summed E-state index contributed by atoms with van der Waals surface area (Å²) in [5.74, 6) is -0.255. The Labute approximate surface area is 135 Å². The normalized spacial score (nSPS) is 21.7. The van der Waals surface area contributed by atoms with Crippen LogP contribution in [0.1, 0.15) is 37.2 Å². The van der Waals surface area contributed by atoms with Crippen molar-refractivity contribution in [2.75, 3.05) is 0 Å². The Morgan fingerprint density at radius 1 is 1.13 bits per heavy atom. The fourth-order valence-corrected chi connectivity index (χ4v) is 4.03. The first kappa shape index (κ1) is 15.7. The maximum Gasteiger partial charge on any atom is 0.297 e. The van der Waals surface area contributed by atoms with Crippen molar-refractivity contribution in [1.82, 2.24) is 14.7 Å². The second-order valence-corrected chi connectivity index (χ2v) is 7.42. The fraction of sp³-hybridized carbons (Fsp3) is 0.375. The highest BCUT2D eigenvalue weighted by Gasteiger charge is 2.30. The summed E-state index contributed by atoms with van der Waals surface area (Å²) in [5.41, 5.74) is 1.29. The lowest BCUT2D eigenvalue weighted by atomic mass is 9.78. The summed E-state index contributed by atoms with van der Waals surface area (Å²) in [6.45, 7) is 0. The number of imidazole rings is 1. The van der Waals surface area contributed by atoms with Gasteiger partial charge >= 0.3 is 0 Å². The van der Waals surface area contributed by atoms with E-state index in [-0.39, 0.29) is 11.1 Å². The molecule has 122 valence electrons. The highest BCUT2D eigenvalue weighted by atomic mass is 32.2. The number of benzene rings is 1. The Kier molecular flexibility index (Phi) is 4.47. The quantitative estimate of drug-likeness (QED) is 0.897. The molecule has 1 aromatic carbocycles. The second kappa shape index (κ2) is 6.54. The Balaban J connectivity index is 1.59. The smallest absolute Gasteiger partial charge is 0.297 e. The van der Waals surface area contributed by atoms with Crippen LogP contribution in [0.3, 0.4) is 0 Å². The van der Waals surface area contributed by atoms with E-state index in [0.29, 0.717) is 18.8 Å². The zero-order valence-electron chi connectivity index (χ0n) is 12.6. The van der Waals surface area contributed by atoms with Gasteiger partial charge in [0.05, 0.1) is 0 Å². The van der Waals surface area contributed by atoms with Gasteiger partial charge in [-0.1, -0.05) is 30.3 Å². The molecule has 23 heavy (non-hydrogen) atoms. The van der Waals surface area contributed by atoms with Crippen molar-refractivity contribution in [2.45, 2.75) is 36.8 Å². The van der Waals surface area contributed by atoms with Crippen molar-refractivity contribution in [3.63, 3.8) is 0 Å². The topological polar surface area (TPSA) is 91.9 Å². The lowest BCUT2D eigenvalue weighted by Crippen LogP contribution is -2.37. The number of hydrogen-bond acceptors (Lipinski definition) is 4. The molecule has 1 aliphatic carbocycles. The Morgan fingerprint density at radius 3 is 2.43 bits per heavy atom. The molecule has 1 fully saturated rings. The average molecular weight is 333 g/mol. The zero-order valence-corrected chi connectivity index (χ0v) is 13.4. The molecular formula is C16H19N3O3S. The molecule has 6 nitrogen and oxygen atoms in total. The largest absolute Gasteiger partial charge is 0.334 e. The number of nitrogens with one attached hydrogen (secondary N) is 2. The van der Waals surface area contributed by atoms with E-state index < -0.39 is 15.9 Å². The van der Waals surface area contributed by atoms with E-state index in [9.17, 15) is 13.2 Å². The number of amides is 1. The molecule has 0 atom stereocenters. The van der Waals surface area contributed by atoms with Crippen LogP contribution in [0, 0.1) is 5.92 Å². The lowest BCUT2D eigenvalue weighted by molar-refractivity contribution is -0.124. The molecule has 0 saturated heterocycles. The van der Waals surface area contributed by atoms with E-state index in [2.05, 4.69) is 26.8 Å². The van der Waals surface area contributed by atoms with Crippen LogP contribution in [-0.4, -0.2) is 24.3 Å². The predicted molar refractivity (Wildman–Crippen MR) is 85.1 cm³/mol. The van der Waals surface area contributed by atoms with Crippen molar-refractivity contribution in [2.24, 2.45) is 5.92 Å². The summed E-state index contributed by atoms with van der Waals surface area (Å²) >= 11 is 0. The molecule has 2 N–H and O–H groups in total. The summed E-state index contributed by atoms with van der Waals surface area (Å²) in [6, 6.07) is 10.2. The molecule has 3 rings (SSSR count). The SMILES string of the molecule is O=C(NS(=O)(=O)c1ncc[nH]1)C1CCC(c2ccccc2)CC1. The van der Waals surface area contributed by atoms with Crippen LogP contribution in [0.2, 0.25) is 0 Å². The molecule has 0 aliphatic heterocycles. The molecule has 7 heteroatoms. The monoisotopic (exact) mass is 333 g/mol. The Bertz CT molecular complexity index is 749. The van der Waals surface area contributed by atoms with Gasteiger partial charge in [-0.3, -0.25) is 4.79 Å². The highest BCUT2D eigenvalue weighted by Crippen LogP contribution is 2.35. The number of nitrogens with zero attached hydrogens (tertiary/aromatic N) is 1. The summed E-state index contributed by atoms with van der Waals surface area (Å²) in [6.07, 6.45) is 5.91. The third-order valence-electron chi connectivity index (χ3n) is 4.33. The summed E-state index contributed by atoms with van der Waals surface area (Å²) in [7, 11) is -3.90. The minimum atomic E-state index is -3.90. The number of rotatable bonds is 4. The first-order valence-corrected chi connectivity index (χ1v) is 9.15. The van der Waals surface area contributed by atoms with Crippen LogP contribution < -0.4 is 4.72 Å². The van der Waals surface area contributed by atoms with Gasteiger partial charge in [-0.25, -0.2) is 9.71 Å². The van der Waals surface area contributed by atoms with Crippen molar-refractivity contribution in [3.05, 3.63) is 48.3 Å². The third-order valence-corrected chi connectivity index (χ3v) is 5.53. The van der Waals surface area contributed by atoms with Gasteiger partial charge in [0.15, 0.2) is 0 Å². The maximum absolute atomic E-state index is 12.2. The van der Waals surface area contributed by atoms with Crippen LogP contribution in [0.4, 0.5) is 0 Å². The number of aromatic amines is 1. The molecule has 0 unspecified atom stereocenters. The van der Waals surface area contributed by atoms with Crippen LogP contribution in [0.25, 0.3) is 0 Å². The summed E-state index contributed by atoms with van der Waals surface area (Å²) in [5, 5.41) is -0.233. The van der Waals surface area contributed by atoms with Crippen LogP contribution in [0.15, 0.2) is 47.9 Å². The van der Waals surface area contributed by atoms with Gasteiger partial charge in [0.2, 0.25) is 11.1 Å². The molecule has 1 saturated carbocycles. The van der Waals surface area contributed by atoms with Gasteiger partial charge < -0.3 is 4.98 Å². The Morgan fingerprint density at radius 2 is 1.83 bits per heavy atom. The minimum Gasteiger partial charge on any atom is -0.334 e. The van der Waals surface area contributed by atoms with E-state index in [0.717, 1.165) is 12.8 Å². The van der Waals surface area contributed by atoms with Gasteiger partial charge in [0, 0.05) is 18.3 Å². The third kappa shape index (κ3) is 3.61. The average Bonchev–Trinajstić information content (AvgIpc) is 3.11. The van der Waals surface area contributed by atoms with Crippen LogP contribution in [0.5, 0.6) is 0 Å². The molecular weight excluding hydrogens is 314 g/mol. The number of aromatic nitrogens is 2. The van der Waals surface area contributed by atoms with E-state index in [1.807, 2.05) is 18.2 Å². The summed E-state index contributed by atoms with van der Waals surface area (Å²) < 4.78 is 26.1. The summed E-state index contributed by atoms with van der Waals surface area (Å²) in [4.78, 5) is 18.4. The number of carbonyl (C=O) groups excluding carboxylic acids is 1. The number of carbonyl (C=O) groups is 1. The van der Waals surface area contributed by atoms with Gasteiger partial charge in [-0.05, 0) is 37.2 Å². The fourth-order valence-electron chi connectivity index (χ4n) is 3.08. The molecule has 1 aliphatic rings. The number of hydrogen-bond donors (Lipinski definition) is 2. The second-order valence-electron chi connectivity index (χ2n) is 5.82. The van der Waals surface area contributed by atoms with E-state index in [4.69, 9.17) is 0 Å². The first-order valence-electron chi connectivity index (χ1n) is 7.67. The van der Waals surface area contributed by atoms with Crippen LogP contribution in [-0.2, 0) is 14.8 Å². The maximum atomic E-state index is 12.2. The molecule has 2 aromatic rings. The van der Waals surface area contributed by atoms with E-state index in [1.54, 1.807) is 0 Å². The van der Waals surface area contributed by atoms with Crippen molar-refractivity contribution >= 4 is 15.9 Å². The van der Waals surface area contributed by atoms with Crippen molar-refractivity contribution < 1.29 is 13.2 Å². The first-order chi connectivity index (χ1) is 11.1. The lowest BCUT2D eigenvalue weighted by Gasteiger charge is -2.27. The minimum absolute atomic E-state index is 0.233. The van der Waals surface area contributed by atoms with Gasteiger partial charge in [0.1, 0.15) is 0 Å². The molecule has 1 heterocycles.